The lowest BCUT2D eigenvalue weighted by Gasteiger charge is -2.40. The smallest absolute Gasteiger partial charge is 0.407 e. The Kier molecular flexibility index (Phi) is 7.43. The second kappa shape index (κ2) is 10.5. The first kappa shape index (κ1) is 24.8. The Morgan fingerprint density at radius 1 is 1.06 bits per heavy atom. The Morgan fingerprint density at radius 3 is 2.23 bits per heavy atom. The molecular weight excluding hydrogens is 444 g/mol. The molecule has 2 aromatic carbocycles. The molecule has 35 heavy (non-hydrogen) atoms. The molecule has 2 aliphatic rings. The van der Waals surface area contributed by atoms with Crippen LogP contribution in [0.5, 0.6) is 0 Å². The average molecular weight is 479 g/mol. The Hall–Kier alpha value is -3.35. The summed E-state index contributed by atoms with van der Waals surface area (Å²) < 4.78 is 5.61. The summed E-state index contributed by atoms with van der Waals surface area (Å²) in [5, 5.41) is 12.3. The number of carboxylic acids is 1. The number of alkyl carbamates (subject to hydrolysis) is 1. The summed E-state index contributed by atoms with van der Waals surface area (Å²) in [5.74, 6) is -2.04. The first-order chi connectivity index (χ1) is 16.8. The predicted molar refractivity (Wildman–Crippen MR) is 133 cm³/mol. The Balaban J connectivity index is 1.37. The van der Waals surface area contributed by atoms with Crippen molar-refractivity contribution in [3.05, 3.63) is 59.7 Å². The number of aliphatic carboxylic acids is 1. The normalized spacial score (nSPS) is 20.2. The zero-order valence-corrected chi connectivity index (χ0v) is 20.6. The fourth-order valence-electron chi connectivity index (χ4n) is 5.45. The average Bonchev–Trinajstić information content (AvgIpc) is 3.16. The molecule has 7 nitrogen and oxygen atoms in total. The third-order valence-electron chi connectivity index (χ3n) is 7.52. The van der Waals surface area contributed by atoms with Crippen LogP contribution in [0.3, 0.4) is 0 Å². The molecule has 3 atom stereocenters. The molecule has 186 valence electrons. The number of likely N-dealkylation sites (tertiary alicyclic amines) is 1. The van der Waals surface area contributed by atoms with Gasteiger partial charge in [-0.05, 0) is 47.9 Å². The number of nitrogens with zero attached hydrogens (tertiary/aromatic N) is 1. The van der Waals surface area contributed by atoms with Gasteiger partial charge in [-0.25, -0.2) is 4.79 Å². The third kappa shape index (κ3) is 5.04. The number of carbonyl (C=O) groups excluding carboxylic acids is 2. The molecule has 1 aliphatic heterocycles. The van der Waals surface area contributed by atoms with Gasteiger partial charge >= 0.3 is 12.1 Å². The fourth-order valence-corrected chi connectivity index (χ4v) is 5.45. The molecule has 4 rings (SSSR count). The van der Waals surface area contributed by atoms with Crippen molar-refractivity contribution in [1.82, 2.24) is 10.2 Å². The number of rotatable bonds is 7. The standard InChI is InChI=1S/C28H34N2O5/c1-17(2)24(26(31)30-14-8-13-19(18(30)3)27(32)33)15-29-28(34)35-16-25-22-11-6-4-9-20(22)21-10-5-7-12-23(21)25/h4-7,9-12,17-19,24-25H,8,13-16H2,1-3H3,(H,29,34)(H,32,33)/t18-,19-,24?/m1/s1. The molecule has 0 saturated carbocycles. The van der Waals surface area contributed by atoms with Crippen LogP contribution in [0, 0.1) is 17.8 Å². The Labute approximate surface area is 206 Å². The molecule has 2 N–H and O–H groups in total. The van der Waals surface area contributed by atoms with Crippen LogP contribution in [-0.4, -0.2) is 53.7 Å². The molecule has 1 saturated heterocycles. The minimum absolute atomic E-state index is 0.0196. The third-order valence-corrected chi connectivity index (χ3v) is 7.52. The van der Waals surface area contributed by atoms with Crippen LogP contribution >= 0.6 is 0 Å². The van der Waals surface area contributed by atoms with Crippen molar-refractivity contribution in [3.8, 4) is 11.1 Å². The van der Waals surface area contributed by atoms with E-state index in [1.54, 1.807) is 11.8 Å². The van der Waals surface area contributed by atoms with Crippen LogP contribution in [-0.2, 0) is 14.3 Å². The number of hydrogen-bond donors (Lipinski definition) is 2. The highest BCUT2D eigenvalue weighted by atomic mass is 16.5. The van der Waals surface area contributed by atoms with E-state index in [1.807, 2.05) is 38.1 Å². The van der Waals surface area contributed by atoms with E-state index in [0.717, 1.165) is 22.3 Å². The Morgan fingerprint density at radius 2 is 1.66 bits per heavy atom. The molecule has 1 unspecified atom stereocenters. The van der Waals surface area contributed by atoms with Crippen molar-refractivity contribution in [2.45, 2.75) is 45.6 Å². The summed E-state index contributed by atoms with van der Waals surface area (Å²) in [7, 11) is 0. The van der Waals surface area contributed by atoms with Crippen LogP contribution in [0.1, 0.15) is 50.7 Å². The molecule has 0 bridgehead atoms. The van der Waals surface area contributed by atoms with E-state index in [2.05, 4.69) is 29.6 Å². The zero-order chi connectivity index (χ0) is 25.1. The summed E-state index contributed by atoms with van der Waals surface area (Å²) in [6.45, 7) is 6.57. The van der Waals surface area contributed by atoms with E-state index in [4.69, 9.17) is 4.74 Å². The summed E-state index contributed by atoms with van der Waals surface area (Å²) in [5.41, 5.74) is 4.61. The number of ether oxygens (including phenoxy) is 1. The van der Waals surface area contributed by atoms with E-state index >= 15 is 0 Å². The number of hydrogen-bond acceptors (Lipinski definition) is 4. The lowest BCUT2D eigenvalue weighted by molar-refractivity contribution is -0.151. The van der Waals surface area contributed by atoms with E-state index in [1.165, 1.54) is 0 Å². The quantitative estimate of drug-likeness (QED) is 0.611. The largest absolute Gasteiger partial charge is 0.481 e. The molecule has 7 heteroatoms. The van der Waals surface area contributed by atoms with Gasteiger partial charge < -0.3 is 20.1 Å². The van der Waals surface area contributed by atoms with Gasteiger partial charge in [0.1, 0.15) is 6.61 Å². The van der Waals surface area contributed by atoms with Gasteiger partial charge in [0, 0.05) is 25.0 Å². The van der Waals surface area contributed by atoms with Crippen LogP contribution in [0.4, 0.5) is 4.79 Å². The number of carbonyl (C=O) groups is 3. The van der Waals surface area contributed by atoms with Crippen LogP contribution < -0.4 is 5.32 Å². The highest BCUT2D eigenvalue weighted by Crippen LogP contribution is 2.44. The molecule has 1 heterocycles. The maximum atomic E-state index is 13.3. The maximum absolute atomic E-state index is 13.3. The lowest BCUT2D eigenvalue weighted by Crippen LogP contribution is -2.53. The van der Waals surface area contributed by atoms with Crippen molar-refractivity contribution in [1.29, 1.82) is 0 Å². The number of carboxylic acid groups (broad SMARTS) is 1. The number of piperidine rings is 1. The molecule has 0 aromatic heterocycles. The Bertz CT molecular complexity index is 1050. The van der Waals surface area contributed by atoms with Gasteiger partial charge in [0.25, 0.3) is 0 Å². The summed E-state index contributed by atoms with van der Waals surface area (Å²) >= 11 is 0. The topological polar surface area (TPSA) is 95.9 Å². The van der Waals surface area contributed by atoms with Crippen LogP contribution in [0.15, 0.2) is 48.5 Å². The first-order valence-corrected chi connectivity index (χ1v) is 12.4. The second-order valence-electron chi connectivity index (χ2n) is 9.92. The van der Waals surface area contributed by atoms with Gasteiger partial charge in [-0.1, -0.05) is 62.4 Å². The summed E-state index contributed by atoms with van der Waals surface area (Å²) in [6, 6.07) is 15.9. The van der Waals surface area contributed by atoms with Crippen LogP contribution in [0.2, 0.25) is 0 Å². The minimum atomic E-state index is -0.868. The molecule has 1 aliphatic carbocycles. The molecule has 0 radical (unpaired) electrons. The minimum Gasteiger partial charge on any atom is -0.481 e. The second-order valence-corrected chi connectivity index (χ2v) is 9.92. The summed E-state index contributed by atoms with van der Waals surface area (Å²) in [6.07, 6.45) is 0.683. The fraction of sp³-hybridized carbons (Fsp3) is 0.464. The molecule has 2 amide bonds. The van der Waals surface area contributed by atoms with Crippen molar-refractivity contribution >= 4 is 18.0 Å². The molecule has 1 fully saturated rings. The molecule has 2 aromatic rings. The zero-order valence-electron chi connectivity index (χ0n) is 20.6. The number of fused-ring (bicyclic) bond motifs is 3. The van der Waals surface area contributed by atoms with Gasteiger partial charge in [-0.3, -0.25) is 9.59 Å². The lowest BCUT2D eigenvalue weighted by atomic mass is 9.87. The molecule has 0 spiro atoms. The number of amides is 2. The van der Waals surface area contributed by atoms with Crippen molar-refractivity contribution in [3.63, 3.8) is 0 Å². The molecular formula is C28H34N2O5. The van der Waals surface area contributed by atoms with E-state index in [0.29, 0.717) is 19.4 Å². The van der Waals surface area contributed by atoms with E-state index < -0.39 is 23.9 Å². The van der Waals surface area contributed by atoms with E-state index in [9.17, 15) is 19.5 Å². The highest BCUT2D eigenvalue weighted by molar-refractivity contribution is 5.82. The van der Waals surface area contributed by atoms with Gasteiger partial charge in [0.15, 0.2) is 0 Å². The van der Waals surface area contributed by atoms with Gasteiger partial charge in [-0.15, -0.1) is 0 Å². The van der Waals surface area contributed by atoms with E-state index in [-0.39, 0.29) is 36.9 Å². The monoisotopic (exact) mass is 478 g/mol. The SMILES string of the molecule is CC(C)C(CNC(=O)OCC1c2ccccc2-c2ccccc21)C(=O)N1CCC[C@@H](C(=O)O)[C@H]1C. The number of nitrogens with one attached hydrogen (secondary N) is 1. The number of benzene rings is 2. The predicted octanol–water partition coefficient (Wildman–Crippen LogP) is 4.51. The highest BCUT2D eigenvalue weighted by Gasteiger charge is 2.38. The maximum Gasteiger partial charge on any atom is 0.407 e. The van der Waals surface area contributed by atoms with Crippen LogP contribution in [0.25, 0.3) is 11.1 Å². The van der Waals surface area contributed by atoms with Crippen molar-refractivity contribution in [2.75, 3.05) is 19.7 Å². The van der Waals surface area contributed by atoms with Crippen molar-refractivity contribution < 1.29 is 24.2 Å². The van der Waals surface area contributed by atoms with Gasteiger partial charge in [0.05, 0.1) is 11.8 Å². The van der Waals surface area contributed by atoms with Gasteiger partial charge in [0.2, 0.25) is 5.91 Å². The van der Waals surface area contributed by atoms with Gasteiger partial charge in [-0.2, -0.15) is 0 Å². The first-order valence-electron chi connectivity index (χ1n) is 12.4. The van der Waals surface area contributed by atoms with Crippen molar-refractivity contribution in [2.24, 2.45) is 17.8 Å². The summed E-state index contributed by atoms with van der Waals surface area (Å²) in [4.78, 5) is 39.2.